The molecule has 0 bridgehead atoms. The Labute approximate surface area is 96.5 Å². The number of carbonyl (C=O) groups is 1. The first-order chi connectivity index (χ1) is 5.27. The van der Waals surface area contributed by atoms with Crippen LogP contribution in [0.5, 0.6) is 0 Å². The number of hydrogen-bond acceptors (Lipinski definition) is 3. The maximum Gasteiger partial charge on any atom is 0.407 e. The Hall–Kier alpha value is 0.0439. The molecule has 1 rings (SSSR count). The average molecular weight is 245 g/mol. The van der Waals surface area contributed by atoms with E-state index in [9.17, 15) is 9.59 Å². The summed E-state index contributed by atoms with van der Waals surface area (Å²) in [5.41, 5.74) is 0. The summed E-state index contributed by atoms with van der Waals surface area (Å²) in [4.78, 5) is 22.1. The fourth-order valence-electron chi connectivity index (χ4n) is 0.994. The van der Waals surface area contributed by atoms with E-state index in [2.05, 4.69) is 0 Å². The smallest absolute Gasteiger partial charge is 0.407 e. The summed E-state index contributed by atoms with van der Waals surface area (Å²) in [6.45, 7) is 2.48. The van der Waals surface area contributed by atoms with E-state index in [4.69, 9.17) is 4.74 Å². The zero-order valence-electron chi connectivity index (χ0n) is 6.95. The molecule has 65 valence electrons. The summed E-state index contributed by atoms with van der Waals surface area (Å²) < 4.78 is 4.88. The van der Waals surface area contributed by atoms with Crippen LogP contribution in [0, 0.1) is 0 Å². The van der Waals surface area contributed by atoms with E-state index in [0.29, 0.717) is 6.54 Å². The van der Waals surface area contributed by atoms with Gasteiger partial charge in [-0.15, -0.1) is 0 Å². The Bertz CT molecular complexity index is 174. The summed E-state index contributed by atoms with van der Waals surface area (Å²) in [5.74, 6) is 0. The third-order valence-electron chi connectivity index (χ3n) is 1.66. The zero-order chi connectivity index (χ0) is 8.27. The first-order valence-corrected chi connectivity index (χ1v) is 3.58. The second kappa shape index (κ2) is 5.65. The molecule has 1 amide bonds. The standard InChI is InChI=1S/C7H10NO3.Y/c1-2-6-5-8(3-4-9)7(10)11-6;/h6H,2-3,5H2,1H3;/q-1;. The molecule has 1 aliphatic rings. The molecule has 1 atom stereocenters. The SMILES string of the molecule is CCC1CN(C[C-]=O)C(=O)O1.[Y]. The summed E-state index contributed by atoms with van der Waals surface area (Å²) >= 11 is 0. The molecule has 1 unspecified atom stereocenters. The Morgan fingerprint density at radius 3 is 2.83 bits per heavy atom. The van der Waals surface area contributed by atoms with E-state index in [1.807, 2.05) is 6.92 Å². The van der Waals surface area contributed by atoms with Crippen molar-refractivity contribution in [3.05, 3.63) is 0 Å². The van der Waals surface area contributed by atoms with Crippen molar-refractivity contribution in [2.24, 2.45) is 0 Å². The van der Waals surface area contributed by atoms with E-state index < -0.39 is 6.09 Å². The van der Waals surface area contributed by atoms with E-state index in [-0.39, 0.29) is 45.4 Å². The number of nitrogens with zero attached hydrogens (tertiary/aromatic N) is 1. The van der Waals surface area contributed by atoms with Crippen LogP contribution < -0.4 is 0 Å². The van der Waals surface area contributed by atoms with Crippen LogP contribution in [-0.2, 0) is 42.2 Å². The van der Waals surface area contributed by atoms with Crippen molar-refractivity contribution in [3.63, 3.8) is 0 Å². The molecule has 1 fully saturated rings. The molecular weight excluding hydrogens is 235 g/mol. The fourth-order valence-corrected chi connectivity index (χ4v) is 0.994. The summed E-state index contributed by atoms with van der Waals surface area (Å²) in [5, 5.41) is 0. The molecule has 1 radical (unpaired) electrons. The quantitative estimate of drug-likeness (QED) is 0.673. The maximum atomic E-state index is 10.9. The second-order valence-electron chi connectivity index (χ2n) is 2.44. The molecule has 12 heavy (non-hydrogen) atoms. The number of amides is 1. The Morgan fingerprint density at radius 2 is 2.42 bits per heavy atom. The second-order valence-corrected chi connectivity index (χ2v) is 2.44. The minimum Gasteiger partial charge on any atom is -0.540 e. The van der Waals surface area contributed by atoms with Crippen LogP contribution in [0.2, 0.25) is 0 Å². The molecule has 0 aliphatic carbocycles. The minimum atomic E-state index is -0.403. The number of hydrogen-bond donors (Lipinski definition) is 0. The van der Waals surface area contributed by atoms with E-state index in [1.54, 1.807) is 6.29 Å². The third-order valence-corrected chi connectivity index (χ3v) is 1.66. The van der Waals surface area contributed by atoms with Gasteiger partial charge in [0.1, 0.15) is 6.10 Å². The van der Waals surface area contributed by atoms with Gasteiger partial charge in [0.2, 0.25) is 0 Å². The largest absolute Gasteiger partial charge is 0.540 e. The summed E-state index contributed by atoms with van der Waals surface area (Å²) in [7, 11) is 0. The van der Waals surface area contributed by atoms with Crippen molar-refractivity contribution in [1.29, 1.82) is 0 Å². The minimum absolute atomic E-state index is 0. The topological polar surface area (TPSA) is 46.6 Å². The predicted octanol–water partition coefficient (Wildman–Crippen LogP) is 0.324. The van der Waals surface area contributed by atoms with Gasteiger partial charge in [0.25, 0.3) is 0 Å². The molecule has 0 aromatic heterocycles. The molecule has 0 N–H and O–H groups in total. The number of cyclic esters (lactones) is 1. The summed E-state index contributed by atoms with van der Waals surface area (Å²) in [6, 6.07) is 0. The maximum absolute atomic E-state index is 10.9. The summed E-state index contributed by atoms with van der Waals surface area (Å²) in [6.07, 6.45) is 2.00. The molecule has 4 nitrogen and oxygen atoms in total. The van der Waals surface area contributed by atoms with Crippen molar-refractivity contribution in [2.75, 3.05) is 13.1 Å². The van der Waals surface area contributed by atoms with Crippen molar-refractivity contribution in [3.8, 4) is 0 Å². The molecule has 5 heteroatoms. The van der Waals surface area contributed by atoms with Crippen LogP contribution in [-0.4, -0.2) is 36.5 Å². The Balaban J connectivity index is 0.00000121. The van der Waals surface area contributed by atoms with Crippen molar-refractivity contribution in [1.82, 2.24) is 4.90 Å². The van der Waals surface area contributed by atoms with Crippen LogP contribution in [0.1, 0.15) is 13.3 Å². The van der Waals surface area contributed by atoms with Gasteiger partial charge in [-0.05, 0) is 6.42 Å². The van der Waals surface area contributed by atoms with Crippen LogP contribution in [0.3, 0.4) is 0 Å². The first kappa shape index (κ1) is 12.0. The van der Waals surface area contributed by atoms with Crippen molar-refractivity contribution >= 4 is 12.4 Å². The van der Waals surface area contributed by atoms with Crippen molar-refractivity contribution < 1.29 is 47.0 Å². The van der Waals surface area contributed by atoms with Crippen LogP contribution >= 0.6 is 0 Å². The van der Waals surface area contributed by atoms with Gasteiger partial charge in [-0.3, -0.25) is 0 Å². The third kappa shape index (κ3) is 2.83. The molecule has 1 heterocycles. The molecule has 0 aromatic carbocycles. The number of ether oxygens (including phenoxy) is 1. The van der Waals surface area contributed by atoms with E-state index in [1.165, 1.54) is 4.90 Å². The average Bonchev–Trinajstić information content (AvgIpc) is 2.33. The van der Waals surface area contributed by atoms with Gasteiger partial charge in [-0.2, -0.15) is 0 Å². The number of rotatable bonds is 3. The van der Waals surface area contributed by atoms with Gasteiger partial charge in [0, 0.05) is 32.7 Å². The molecule has 1 saturated heterocycles. The first-order valence-electron chi connectivity index (χ1n) is 3.58. The zero-order valence-corrected chi connectivity index (χ0v) is 9.79. The van der Waals surface area contributed by atoms with Gasteiger partial charge < -0.3 is 14.4 Å². The molecule has 0 spiro atoms. The van der Waals surface area contributed by atoms with Gasteiger partial charge in [0.05, 0.1) is 6.54 Å². The van der Waals surface area contributed by atoms with Gasteiger partial charge in [-0.1, -0.05) is 13.5 Å². The van der Waals surface area contributed by atoms with Crippen LogP contribution in [0.15, 0.2) is 0 Å². The molecule has 0 saturated carbocycles. The van der Waals surface area contributed by atoms with Gasteiger partial charge in [-0.25, -0.2) is 11.1 Å². The number of carbonyl (C=O) groups excluding carboxylic acids is 2. The van der Waals surface area contributed by atoms with Gasteiger partial charge >= 0.3 is 6.09 Å². The monoisotopic (exact) mass is 245 g/mol. The molecule has 1 aliphatic heterocycles. The fraction of sp³-hybridized carbons (Fsp3) is 0.714. The Morgan fingerprint density at radius 1 is 1.75 bits per heavy atom. The van der Waals surface area contributed by atoms with E-state index >= 15 is 0 Å². The normalized spacial score (nSPS) is 21.6. The van der Waals surface area contributed by atoms with Crippen LogP contribution in [0.25, 0.3) is 0 Å². The van der Waals surface area contributed by atoms with Crippen molar-refractivity contribution in [2.45, 2.75) is 19.4 Å². The van der Waals surface area contributed by atoms with Crippen LogP contribution in [0.4, 0.5) is 4.79 Å². The van der Waals surface area contributed by atoms with E-state index in [0.717, 1.165) is 6.42 Å². The van der Waals surface area contributed by atoms with Gasteiger partial charge in [0.15, 0.2) is 0 Å². The molecule has 0 aromatic rings. The Kier molecular flexibility index (Phi) is 5.67. The molecular formula is C7H10NO3Y-. The predicted molar refractivity (Wildman–Crippen MR) is 37.8 cm³/mol.